The number of nitrogens with one attached hydrogen (secondary N) is 1. The van der Waals surface area contributed by atoms with E-state index < -0.39 is 35.7 Å². The molecule has 0 radical (unpaired) electrons. The summed E-state index contributed by atoms with van der Waals surface area (Å²) in [6.45, 7) is 7.34. The van der Waals surface area contributed by atoms with Crippen molar-refractivity contribution in [2.75, 3.05) is 38.2 Å². The van der Waals surface area contributed by atoms with Crippen molar-refractivity contribution in [1.29, 1.82) is 0 Å². The minimum absolute atomic E-state index is 0.216. The summed E-state index contributed by atoms with van der Waals surface area (Å²) in [6, 6.07) is 20.4. The first-order chi connectivity index (χ1) is 22.4. The standard InChI is InChI=1S/C36H41ClN4O6/c1-36(2,3)47-35(45)41-23-26-10-6-5-9-25(26)22-31(41)32(42)38-29(21-24-13-15-27(37)16-14-24)33(43)40-19-17-39(18-20-40)30-12-8-7-11-28(30)34(44)46-4/h5-16,29,31H,17-23H2,1-4H3,(H,38,42)/t29-,31+/m1/s1. The Balaban J connectivity index is 1.36. The van der Waals surface area contributed by atoms with Crippen molar-refractivity contribution in [1.82, 2.24) is 15.1 Å². The lowest BCUT2D eigenvalue weighted by Gasteiger charge is -2.39. The highest BCUT2D eigenvalue weighted by atomic mass is 35.5. The molecular weight excluding hydrogens is 620 g/mol. The number of amides is 3. The lowest BCUT2D eigenvalue weighted by molar-refractivity contribution is -0.138. The molecule has 0 spiro atoms. The maximum Gasteiger partial charge on any atom is 0.411 e. The predicted molar refractivity (Wildman–Crippen MR) is 179 cm³/mol. The smallest absolute Gasteiger partial charge is 0.411 e. The molecule has 3 aromatic carbocycles. The number of esters is 1. The van der Waals surface area contributed by atoms with Gasteiger partial charge in [-0.15, -0.1) is 0 Å². The molecule has 0 saturated carbocycles. The van der Waals surface area contributed by atoms with Crippen LogP contribution in [0, 0.1) is 0 Å². The molecule has 0 aromatic heterocycles. The zero-order valence-electron chi connectivity index (χ0n) is 27.2. The first-order valence-electron chi connectivity index (χ1n) is 15.8. The number of anilines is 1. The van der Waals surface area contributed by atoms with Crippen molar-refractivity contribution in [2.45, 2.75) is 57.8 Å². The van der Waals surface area contributed by atoms with Crippen molar-refractivity contribution in [3.63, 3.8) is 0 Å². The third kappa shape index (κ3) is 8.24. The number of methoxy groups -OCH3 is 1. The van der Waals surface area contributed by atoms with Crippen LogP contribution in [0.4, 0.5) is 10.5 Å². The average molecular weight is 661 g/mol. The molecule has 10 nitrogen and oxygen atoms in total. The molecule has 3 aromatic rings. The average Bonchev–Trinajstić information content (AvgIpc) is 3.07. The Kier molecular flexibility index (Phi) is 10.4. The highest BCUT2D eigenvalue weighted by Gasteiger charge is 2.39. The molecule has 1 fully saturated rings. The highest BCUT2D eigenvalue weighted by molar-refractivity contribution is 6.30. The van der Waals surface area contributed by atoms with E-state index in [1.807, 2.05) is 48.5 Å². The minimum atomic E-state index is -0.893. The van der Waals surface area contributed by atoms with E-state index >= 15 is 0 Å². The molecule has 2 aliphatic rings. The number of halogens is 1. The third-order valence-electron chi connectivity index (χ3n) is 8.39. The van der Waals surface area contributed by atoms with Crippen LogP contribution in [-0.2, 0) is 38.4 Å². The summed E-state index contributed by atoms with van der Waals surface area (Å²) < 4.78 is 10.7. The van der Waals surface area contributed by atoms with Crippen LogP contribution in [0.2, 0.25) is 5.02 Å². The van der Waals surface area contributed by atoms with Crippen molar-refractivity contribution >= 4 is 41.2 Å². The normalized spacial score (nSPS) is 17.0. The van der Waals surface area contributed by atoms with Gasteiger partial charge in [0.15, 0.2) is 0 Å². The van der Waals surface area contributed by atoms with Gasteiger partial charge >= 0.3 is 12.1 Å². The van der Waals surface area contributed by atoms with Gasteiger partial charge in [-0.25, -0.2) is 9.59 Å². The molecule has 1 N–H and O–H groups in total. The molecule has 11 heteroatoms. The summed E-state index contributed by atoms with van der Waals surface area (Å²) in [7, 11) is 1.35. The zero-order valence-corrected chi connectivity index (χ0v) is 28.0. The number of piperazine rings is 1. The van der Waals surface area contributed by atoms with Crippen LogP contribution >= 0.6 is 11.6 Å². The van der Waals surface area contributed by atoms with E-state index in [9.17, 15) is 19.2 Å². The molecule has 3 amide bonds. The maximum atomic E-state index is 14.1. The summed E-state index contributed by atoms with van der Waals surface area (Å²) in [5, 5.41) is 3.58. The number of nitrogens with zero attached hydrogens (tertiary/aromatic N) is 3. The minimum Gasteiger partial charge on any atom is -0.465 e. The number of hydrogen-bond acceptors (Lipinski definition) is 7. The second-order valence-electron chi connectivity index (χ2n) is 12.8. The number of carbonyl (C=O) groups excluding carboxylic acids is 4. The first kappa shape index (κ1) is 33.8. The molecule has 2 atom stereocenters. The third-order valence-corrected chi connectivity index (χ3v) is 8.64. The van der Waals surface area contributed by atoms with E-state index in [2.05, 4.69) is 10.2 Å². The monoisotopic (exact) mass is 660 g/mol. The van der Waals surface area contributed by atoms with Gasteiger partial charge in [0.1, 0.15) is 17.7 Å². The number of para-hydroxylation sites is 1. The summed E-state index contributed by atoms with van der Waals surface area (Å²) in [5.41, 5.74) is 3.21. The van der Waals surface area contributed by atoms with Crippen LogP contribution in [0.5, 0.6) is 0 Å². The number of hydrogen-bond donors (Lipinski definition) is 1. The van der Waals surface area contributed by atoms with E-state index in [1.54, 1.807) is 49.9 Å². The molecule has 2 heterocycles. The molecule has 248 valence electrons. The summed E-state index contributed by atoms with van der Waals surface area (Å²) in [5.74, 6) is -1.08. The molecule has 0 aliphatic carbocycles. The fraction of sp³-hybridized carbons (Fsp3) is 0.389. The fourth-order valence-corrected chi connectivity index (χ4v) is 6.14. The molecule has 1 saturated heterocycles. The van der Waals surface area contributed by atoms with Gasteiger partial charge in [-0.05, 0) is 61.7 Å². The largest absolute Gasteiger partial charge is 0.465 e. The molecule has 5 rings (SSSR count). The second kappa shape index (κ2) is 14.5. The van der Waals surface area contributed by atoms with Gasteiger partial charge in [0.25, 0.3) is 0 Å². The Morgan fingerprint density at radius 3 is 2.19 bits per heavy atom. The van der Waals surface area contributed by atoms with Crippen molar-refractivity contribution in [3.05, 3.63) is 100 Å². The fourth-order valence-electron chi connectivity index (χ4n) is 6.01. The molecular formula is C36H41ClN4O6. The van der Waals surface area contributed by atoms with Crippen LogP contribution in [-0.4, -0.2) is 84.7 Å². The van der Waals surface area contributed by atoms with Gasteiger partial charge in [-0.1, -0.05) is 60.1 Å². The van der Waals surface area contributed by atoms with Crippen LogP contribution < -0.4 is 10.2 Å². The van der Waals surface area contributed by atoms with Gasteiger partial charge in [0, 0.05) is 44.0 Å². The number of carbonyl (C=O) groups is 4. The summed E-state index contributed by atoms with van der Waals surface area (Å²) in [6.07, 6.45) is -0.0550. The van der Waals surface area contributed by atoms with Crippen LogP contribution in [0.3, 0.4) is 0 Å². The number of fused-ring (bicyclic) bond motifs is 1. The Hall–Kier alpha value is -4.57. The Morgan fingerprint density at radius 1 is 0.894 bits per heavy atom. The molecule has 2 aliphatic heterocycles. The van der Waals surface area contributed by atoms with Crippen molar-refractivity contribution < 1.29 is 28.7 Å². The highest BCUT2D eigenvalue weighted by Crippen LogP contribution is 2.27. The van der Waals surface area contributed by atoms with E-state index in [0.717, 1.165) is 22.4 Å². The predicted octanol–water partition coefficient (Wildman–Crippen LogP) is 4.86. The van der Waals surface area contributed by atoms with Crippen LogP contribution in [0.1, 0.15) is 47.8 Å². The number of ether oxygens (including phenoxy) is 2. The van der Waals surface area contributed by atoms with Crippen molar-refractivity contribution in [3.8, 4) is 0 Å². The van der Waals surface area contributed by atoms with E-state index in [-0.39, 0.29) is 18.9 Å². The molecule has 0 bridgehead atoms. The molecule has 47 heavy (non-hydrogen) atoms. The first-order valence-corrected chi connectivity index (χ1v) is 16.1. The van der Waals surface area contributed by atoms with Gasteiger partial charge < -0.3 is 24.6 Å². The van der Waals surface area contributed by atoms with E-state index in [1.165, 1.54) is 12.0 Å². The Morgan fingerprint density at radius 2 is 1.53 bits per heavy atom. The van der Waals surface area contributed by atoms with Gasteiger partial charge in [0.2, 0.25) is 11.8 Å². The Labute approximate surface area is 280 Å². The quantitative estimate of drug-likeness (QED) is 0.361. The van der Waals surface area contributed by atoms with Crippen LogP contribution in [0.25, 0.3) is 0 Å². The van der Waals surface area contributed by atoms with E-state index in [4.69, 9.17) is 21.1 Å². The van der Waals surface area contributed by atoms with E-state index in [0.29, 0.717) is 43.2 Å². The number of benzene rings is 3. The number of rotatable bonds is 7. The topological polar surface area (TPSA) is 108 Å². The van der Waals surface area contributed by atoms with Gasteiger partial charge in [0.05, 0.1) is 24.9 Å². The lowest BCUT2D eigenvalue weighted by Crippen LogP contribution is -2.59. The summed E-state index contributed by atoms with van der Waals surface area (Å²) in [4.78, 5) is 59.2. The molecule has 0 unspecified atom stereocenters. The van der Waals surface area contributed by atoms with Gasteiger partial charge in [-0.3, -0.25) is 14.5 Å². The second-order valence-corrected chi connectivity index (χ2v) is 13.2. The van der Waals surface area contributed by atoms with Crippen molar-refractivity contribution in [2.24, 2.45) is 0 Å². The van der Waals surface area contributed by atoms with Crippen LogP contribution in [0.15, 0.2) is 72.8 Å². The summed E-state index contributed by atoms with van der Waals surface area (Å²) >= 11 is 6.13. The Bertz CT molecular complexity index is 1610. The van der Waals surface area contributed by atoms with Gasteiger partial charge in [-0.2, -0.15) is 0 Å². The maximum absolute atomic E-state index is 14.1. The lowest BCUT2D eigenvalue weighted by atomic mass is 9.93. The zero-order chi connectivity index (χ0) is 33.7. The SMILES string of the molecule is COC(=O)c1ccccc1N1CCN(C(=O)[C@@H](Cc2ccc(Cl)cc2)NC(=O)[C@@H]2Cc3ccccc3CN2C(=O)OC(C)(C)C)CC1.